The number of hydrogen-bond donors (Lipinski definition) is 1. The van der Waals surface area contributed by atoms with Crippen LogP contribution in [-0.2, 0) is 4.74 Å². The molecule has 0 radical (unpaired) electrons. The zero-order chi connectivity index (χ0) is 7.61. The van der Waals surface area contributed by atoms with Gasteiger partial charge in [0.1, 0.15) is 6.73 Å². The van der Waals surface area contributed by atoms with Crippen molar-refractivity contribution in [1.29, 1.82) is 0 Å². The van der Waals surface area contributed by atoms with Crippen LogP contribution in [0.25, 0.3) is 0 Å². The van der Waals surface area contributed by atoms with E-state index in [4.69, 9.17) is 0 Å². The molecule has 0 aromatic rings. The van der Waals surface area contributed by atoms with Crippen molar-refractivity contribution in [1.82, 2.24) is 5.43 Å². The fourth-order valence-electron chi connectivity index (χ4n) is 0.507. The van der Waals surface area contributed by atoms with E-state index in [0.717, 1.165) is 0 Å². The van der Waals surface area contributed by atoms with E-state index >= 15 is 0 Å². The second-order valence-corrected chi connectivity index (χ2v) is 1.71. The van der Waals surface area contributed by atoms with Crippen LogP contribution in [0.2, 0.25) is 0 Å². The Labute approximate surface area is 54.9 Å². The third kappa shape index (κ3) is 1.60. The minimum absolute atomic E-state index is 0.194. The van der Waals surface area contributed by atoms with Crippen molar-refractivity contribution in [2.45, 2.75) is 12.3 Å². The monoisotopic (exact) mass is 154 g/mol. The van der Waals surface area contributed by atoms with Crippen LogP contribution >= 0.6 is 0 Å². The van der Waals surface area contributed by atoms with Crippen LogP contribution in [0.5, 0.6) is 0 Å². The standard InChI is InChI=1S/C4H5F3N2O/c5-4(6,7)3-1-8-9-2-10-3/h1,3,9H,2H2. The molecular formula is C4H5F3N2O. The van der Waals surface area contributed by atoms with Gasteiger partial charge in [-0.1, -0.05) is 0 Å². The van der Waals surface area contributed by atoms with Gasteiger partial charge in [0.05, 0.1) is 6.21 Å². The Morgan fingerprint density at radius 3 is 2.60 bits per heavy atom. The number of alkyl halides is 3. The maximum atomic E-state index is 11.7. The minimum Gasteiger partial charge on any atom is -0.341 e. The topological polar surface area (TPSA) is 33.6 Å². The van der Waals surface area contributed by atoms with Crippen LogP contribution < -0.4 is 5.43 Å². The zero-order valence-electron chi connectivity index (χ0n) is 4.85. The molecule has 1 aliphatic rings. The molecule has 0 aliphatic carbocycles. The van der Waals surface area contributed by atoms with Crippen molar-refractivity contribution in [3.63, 3.8) is 0 Å². The van der Waals surface area contributed by atoms with Gasteiger partial charge in [-0.3, -0.25) is 5.43 Å². The first-order valence-corrected chi connectivity index (χ1v) is 2.55. The van der Waals surface area contributed by atoms with Crippen molar-refractivity contribution in [2.24, 2.45) is 5.10 Å². The highest BCUT2D eigenvalue weighted by atomic mass is 19.4. The van der Waals surface area contributed by atoms with Crippen molar-refractivity contribution in [2.75, 3.05) is 6.73 Å². The number of nitrogens with one attached hydrogen (secondary N) is 1. The summed E-state index contributed by atoms with van der Waals surface area (Å²) >= 11 is 0. The lowest BCUT2D eigenvalue weighted by molar-refractivity contribution is -0.199. The predicted molar refractivity (Wildman–Crippen MR) is 27.4 cm³/mol. The van der Waals surface area contributed by atoms with Crippen molar-refractivity contribution < 1.29 is 17.9 Å². The van der Waals surface area contributed by atoms with Gasteiger partial charge in [0.25, 0.3) is 0 Å². The van der Waals surface area contributed by atoms with Gasteiger partial charge in [-0.05, 0) is 0 Å². The largest absolute Gasteiger partial charge is 0.419 e. The van der Waals surface area contributed by atoms with E-state index in [2.05, 4.69) is 15.3 Å². The van der Waals surface area contributed by atoms with Gasteiger partial charge in [0.2, 0.25) is 0 Å². The van der Waals surface area contributed by atoms with Crippen LogP contribution in [-0.4, -0.2) is 25.2 Å². The van der Waals surface area contributed by atoms with Crippen LogP contribution in [0.1, 0.15) is 0 Å². The van der Waals surface area contributed by atoms with Gasteiger partial charge in [0.15, 0.2) is 6.10 Å². The minimum atomic E-state index is -4.34. The lowest BCUT2D eigenvalue weighted by Crippen LogP contribution is -2.39. The SMILES string of the molecule is FC(F)(F)C1C=NNCO1. The van der Waals surface area contributed by atoms with Gasteiger partial charge < -0.3 is 4.74 Å². The fraction of sp³-hybridized carbons (Fsp3) is 0.750. The molecule has 58 valence electrons. The smallest absolute Gasteiger partial charge is 0.341 e. The van der Waals surface area contributed by atoms with Gasteiger partial charge in [-0.2, -0.15) is 18.3 Å². The predicted octanol–water partition coefficient (Wildman–Crippen LogP) is 0.480. The van der Waals surface area contributed by atoms with E-state index in [-0.39, 0.29) is 6.73 Å². The van der Waals surface area contributed by atoms with E-state index < -0.39 is 12.3 Å². The highest BCUT2D eigenvalue weighted by Crippen LogP contribution is 2.21. The molecule has 0 saturated heterocycles. The number of halogens is 3. The quantitative estimate of drug-likeness (QED) is 0.550. The Balaban J connectivity index is 2.55. The van der Waals surface area contributed by atoms with E-state index in [1.807, 2.05) is 0 Å². The number of hydrazone groups is 1. The average Bonchev–Trinajstić information content (AvgIpc) is 1.88. The molecule has 1 N–H and O–H groups in total. The number of rotatable bonds is 0. The summed E-state index contributed by atoms with van der Waals surface area (Å²) in [6.45, 7) is -0.194. The summed E-state index contributed by atoms with van der Waals surface area (Å²) in [5.41, 5.74) is 2.23. The number of nitrogens with zero attached hydrogens (tertiary/aromatic N) is 1. The summed E-state index contributed by atoms with van der Waals surface area (Å²) in [7, 11) is 0. The second kappa shape index (κ2) is 2.45. The molecule has 0 spiro atoms. The zero-order valence-corrected chi connectivity index (χ0v) is 4.85. The number of hydrogen-bond acceptors (Lipinski definition) is 3. The molecule has 1 atom stereocenters. The Hall–Kier alpha value is -0.780. The van der Waals surface area contributed by atoms with Crippen molar-refractivity contribution in [3.8, 4) is 0 Å². The van der Waals surface area contributed by atoms with Gasteiger partial charge in [-0.25, -0.2) is 0 Å². The maximum Gasteiger partial charge on any atom is 0.419 e. The lowest BCUT2D eigenvalue weighted by atomic mass is 10.4. The van der Waals surface area contributed by atoms with E-state index in [1.54, 1.807) is 0 Å². The summed E-state index contributed by atoms with van der Waals surface area (Å²) in [5.74, 6) is 0. The summed E-state index contributed by atoms with van der Waals surface area (Å²) in [6.07, 6.45) is -5.51. The molecule has 0 aromatic carbocycles. The van der Waals surface area contributed by atoms with Crippen LogP contribution in [0.3, 0.4) is 0 Å². The Morgan fingerprint density at radius 1 is 1.60 bits per heavy atom. The summed E-state index contributed by atoms with van der Waals surface area (Å²) in [6, 6.07) is 0. The first-order chi connectivity index (χ1) is 4.61. The van der Waals surface area contributed by atoms with Gasteiger partial charge in [0, 0.05) is 0 Å². The highest BCUT2D eigenvalue weighted by molar-refractivity contribution is 5.64. The molecule has 0 amide bonds. The molecule has 0 saturated carbocycles. The Kier molecular flexibility index (Phi) is 1.80. The van der Waals surface area contributed by atoms with Crippen molar-refractivity contribution >= 4 is 6.21 Å². The molecule has 6 heteroatoms. The Morgan fingerprint density at radius 2 is 2.30 bits per heavy atom. The maximum absolute atomic E-state index is 11.7. The van der Waals surface area contributed by atoms with E-state index in [0.29, 0.717) is 6.21 Å². The summed E-state index contributed by atoms with van der Waals surface area (Å²) in [5, 5.41) is 3.20. The molecular weight excluding hydrogens is 149 g/mol. The average molecular weight is 154 g/mol. The summed E-state index contributed by atoms with van der Waals surface area (Å²) < 4.78 is 39.3. The first-order valence-electron chi connectivity index (χ1n) is 2.55. The molecule has 1 heterocycles. The molecule has 0 fully saturated rings. The molecule has 1 unspecified atom stereocenters. The summed E-state index contributed by atoms with van der Waals surface area (Å²) in [4.78, 5) is 0. The lowest BCUT2D eigenvalue weighted by Gasteiger charge is -2.19. The third-order valence-electron chi connectivity index (χ3n) is 0.951. The van der Waals surface area contributed by atoms with Gasteiger partial charge in [-0.15, -0.1) is 0 Å². The fourth-order valence-corrected chi connectivity index (χ4v) is 0.507. The Bertz CT molecular complexity index is 144. The number of ether oxygens (including phenoxy) is 1. The molecule has 0 bridgehead atoms. The molecule has 10 heavy (non-hydrogen) atoms. The normalized spacial score (nSPS) is 26.1. The highest BCUT2D eigenvalue weighted by Gasteiger charge is 2.40. The van der Waals surface area contributed by atoms with E-state index in [9.17, 15) is 13.2 Å². The van der Waals surface area contributed by atoms with Crippen LogP contribution in [0.4, 0.5) is 13.2 Å². The van der Waals surface area contributed by atoms with Crippen LogP contribution in [0, 0.1) is 0 Å². The molecule has 0 aromatic heterocycles. The van der Waals surface area contributed by atoms with Gasteiger partial charge >= 0.3 is 6.18 Å². The molecule has 1 aliphatic heterocycles. The third-order valence-corrected chi connectivity index (χ3v) is 0.951. The first kappa shape index (κ1) is 7.33. The van der Waals surface area contributed by atoms with Crippen molar-refractivity contribution in [3.05, 3.63) is 0 Å². The van der Waals surface area contributed by atoms with E-state index in [1.165, 1.54) is 0 Å². The molecule has 3 nitrogen and oxygen atoms in total. The molecule has 1 rings (SSSR count). The van der Waals surface area contributed by atoms with Crippen LogP contribution in [0.15, 0.2) is 5.10 Å². The second-order valence-electron chi connectivity index (χ2n) is 1.71.